The number of nitrogens with zero attached hydrogens (tertiary/aromatic N) is 1. The summed E-state index contributed by atoms with van der Waals surface area (Å²) in [6, 6.07) is 40.4. The predicted octanol–water partition coefficient (Wildman–Crippen LogP) is 9.59. The topological polar surface area (TPSA) is 3.24 Å². The number of hydrogen-bond acceptors (Lipinski definition) is 1. The van der Waals surface area contributed by atoms with Crippen molar-refractivity contribution in [1.82, 2.24) is 0 Å². The molecule has 0 radical (unpaired) electrons. The molecule has 4 fully saturated rings. The first kappa shape index (κ1) is 22.6. The fourth-order valence-electron chi connectivity index (χ4n) is 8.48. The van der Waals surface area contributed by atoms with E-state index < -0.39 is 0 Å². The van der Waals surface area contributed by atoms with Gasteiger partial charge < -0.3 is 4.90 Å². The molecule has 1 heteroatoms. The van der Waals surface area contributed by atoms with Crippen molar-refractivity contribution in [3.8, 4) is 0 Å². The van der Waals surface area contributed by atoms with Crippen LogP contribution in [-0.2, 0) is 10.8 Å². The molecule has 4 aliphatic carbocycles. The average molecular weight is 482 g/mol. The minimum atomic E-state index is 0.310. The van der Waals surface area contributed by atoms with Crippen LogP contribution < -0.4 is 4.90 Å². The highest BCUT2D eigenvalue weighted by molar-refractivity contribution is 5.76. The maximum atomic E-state index is 3.96. The molecule has 0 heterocycles. The first-order valence-corrected chi connectivity index (χ1v) is 13.9. The van der Waals surface area contributed by atoms with Crippen LogP contribution >= 0.6 is 0 Å². The van der Waals surface area contributed by atoms with E-state index in [2.05, 4.69) is 121 Å². The molecule has 1 nitrogen and oxygen atoms in total. The van der Waals surface area contributed by atoms with E-state index in [1.807, 2.05) is 6.08 Å². The van der Waals surface area contributed by atoms with Crippen molar-refractivity contribution >= 4 is 23.1 Å². The second-order valence-electron chi connectivity index (χ2n) is 11.9. The summed E-state index contributed by atoms with van der Waals surface area (Å²) in [6.45, 7) is 3.96. The standard InChI is InChI=1S/C36H35N/c1-2-27-13-15-30(16-14-27)35-22-28-21-29(23-35)25-36(24-28,26-35)31-17-19-34(20-18-31)37(32-9-5-3-6-10-32)33-11-7-4-8-12-33/h2-20,28-29H,1,21-26H2. The lowest BCUT2D eigenvalue weighted by atomic mass is 9.42. The molecule has 2 unspecified atom stereocenters. The summed E-state index contributed by atoms with van der Waals surface area (Å²) >= 11 is 0. The van der Waals surface area contributed by atoms with Gasteiger partial charge in [0.2, 0.25) is 0 Å². The molecule has 8 rings (SSSR count). The Bertz CT molecular complexity index is 1330. The Hall–Kier alpha value is -3.58. The lowest BCUT2D eigenvalue weighted by Gasteiger charge is -2.63. The van der Waals surface area contributed by atoms with Gasteiger partial charge >= 0.3 is 0 Å². The molecule has 184 valence electrons. The van der Waals surface area contributed by atoms with Gasteiger partial charge in [-0.25, -0.2) is 0 Å². The Morgan fingerprint density at radius 1 is 0.568 bits per heavy atom. The summed E-state index contributed by atoms with van der Waals surface area (Å²) in [5, 5.41) is 0. The van der Waals surface area contributed by atoms with Gasteiger partial charge in [-0.15, -0.1) is 0 Å². The highest BCUT2D eigenvalue weighted by Gasteiger charge is 2.58. The zero-order valence-corrected chi connectivity index (χ0v) is 21.5. The lowest BCUT2D eigenvalue weighted by Crippen LogP contribution is -2.55. The van der Waals surface area contributed by atoms with Crippen LogP contribution in [0, 0.1) is 11.8 Å². The van der Waals surface area contributed by atoms with E-state index in [9.17, 15) is 0 Å². The molecule has 0 N–H and O–H groups in total. The molecule has 4 aliphatic rings. The fourth-order valence-corrected chi connectivity index (χ4v) is 8.48. The van der Waals surface area contributed by atoms with Crippen LogP contribution in [-0.4, -0.2) is 0 Å². The molecule has 4 aromatic rings. The van der Waals surface area contributed by atoms with Crippen LogP contribution in [0.25, 0.3) is 6.08 Å². The van der Waals surface area contributed by atoms with Crippen LogP contribution in [0.1, 0.15) is 55.2 Å². The molecule has 4 saturated carbocycles. The summed E-state index contributed by atoms with van der Waals surface area (Å²) in [4.78, 5) is 2.37. The van der Waals surface area contributed by atoms with Gasteiger partial charge in [0, 0.05) is 17.1 Å². The number of hydrogen-bond donors (Lipinski definition) is 0. The van der Waals surface area contributed by atoms with Gasteiger partial charge in [0.1, 0.15) is 0 Å². The molecule has 0 spiro atoms. The highest BCUT2D eigenvalue weighted by Crippen LogP contribution is 2.66. The summed E-state index contributed by atoms with van der Waals surface area (Å²) < 4.78 is 0. The van der Waals surface area contributed by atoms with Crippen molar-refractivity contribution in [2.75, 3.05) is 4.90 Å². The minimum Gasteiger partial charge on any atom is -0.311 e. The van der Waals surface area contributed by atoms with E-state index in [1.165, 1.54) is 61.2 Å². The zero-order chi connectivity index (χ0) is 24.9. The predicted molar refractivity (Wildman–Crippen MR) is 156 cm³/mol. The third-order valence-electron chi connectivity index (χ3n) is 9.59. The van der Waals surface area contributed by atoms with Crippen LogP contribution in [0.3, 0.4) is 0 Å². The largest absolute Gasteiger partial charge is 0.311 e. The second kappa shape index (κ2) is 8.77. The zero-order valence-electron chi connectivity index (χ0n) is 21.5. The van der Waals surface area contributed by atoms with Crippen molar-refractivity contribution < 1.29 is 0 Å². The first-order valence-electron chi connectivity index (χ1n) is 13.9. The molecule has 0 amide bonds. The van der Waals surface area contributed by atoms with Gasteiger partial charge in [-0.05, 0) is 114 Å². The lowest BCUT2D eigenvalue weighted by molar-refractivity contribution is -0.0281. The van der Waals surface area contributed by atoms with Gasteiger partial charge in [-0.2, -0.15) is 0 Å². The smallest absolute Gasteiger partial charge is 0.0461 e. The minimum absolute atomic E-state index is 0.310. The molecular formula is C36H35N. The molecule has 2 atom stereocenters. The number of rotatable bonds is 6. The van der Waals surface area contributed by atoms with E-state index >= 15 is 0 Å². The molecular weight excluding hydrogens is 446 g/mol. The van der Waals surface area contributed by atoms with Crippen LogP contribution in [0.4, 0.5) is 17.1 Å². The Morgan fingerprint density at radius 3 is 1.46 bits per heavy atom. The van der Waals surface area contributed by atoms with Crippen LogP contribution in [0.15, 0.2) is 116 Å². The van der Waals surface area contributed by atoms with Gasteiger partial charge in [0.25, 0.3) is 0 Å². The summed E-state index contributed by atoms with van der Waals surface area (Å²) in [5.41, 5.74) is 8.59. The number of para-hydroxylation sites is 2. The Labute approximate surface area is 221 Å². The highest BCUT2D eigenvalue weighted by atomic mass is 15.1. The normalized spacial score (nSPS) is 27.7. The SMILES string of the molecule is C=Cc1ccc(C23CC4CC(C2)CC(c2ccc(N(c5ccccc5)c5ccccc5)cc2)(C4)C3)cc1. The molecule has 37 heavy (non-hydrogen) atoms. The van der Waals surface area contributed by atoms with Crippen LogP contribution in [0.5, 0.6) is 0 Å². The van der Waals surface area contributed by atoms with Gasteiger partial charge in [0.05, 0.1) is 0 Å². The maximum Gasteiger partial charge on any atom is 0.0461 e. The summed E-state index contributed by atoms with van der Waals surface area (Å²) in [6.07, 6.45) is 10.1. The van der Waals surface area contributed by atoms with E-state index in [0.717, 1.165) is 11.8 Å². The van der Waals surface area contributed by atoms with Gasteiger partial charge in [0.15, 0.2) is 0 Å². The van der Waals surface area contributed by atoms with Gasteiger partial charge in [-0.3, -0.25) is 0 Å². The van der Waals surface area contributed by atoms with E-state index in [1.54, 1.807) is 11.1 Å². The van der Waals surface area contributed by atoms with Crippen LogP contribution in [0.2, 0.25) is 0 Å². The molecule has 0 aromatic heterocycles. The van der Waals surface area contributed by atoms with Crippen molar-refractivity contribution in [1.29, 1.82) is 0 Å². The average Bonchev–Trinajstić information content (AvgIpc) is 2.94. The van der Waals surface area contributed by atoms with Gasteiger partial charge in [-0.1, -0.05) is 85.5 Å². The maximum absolute atomic E-state index is 3.96. The third kappa shape index (κ3) is 3.84. The third-order valence-corrected chi connectivity index (χ3v) is 9.59. The Kier molecular flexibility index (Phi) is 5.36. The molecule has 4 aromatic carbocycles. The first-order chi connectivity index (χ1) is 18.2. The molecule has 0 saturated heterocycles. The molecule has 0 aliphatic heterocycles. The summed E-state index contributed by atoms with van der Waals surface area (Å²) in [5.74, 6) is 1.70. The Balaban J connectivity index is 1.25. The second-order valence-corrected chi connectivity index (χ2v) is 11.9. The fraction of sp³-hybridized carbons (Fsp3) is 0.278. The van der Waals surface area contributed by atoms with Crippen molar-refractivity contribution in [3.63, 3.8) is 0 Å². The van der Waals surface area contributed by atoms with Crippen molar-refractivity contribution in [3.05, 3.63) is 132 Å². The van der Waals surface area contributed by atoms with Crippen molar-refractivity contribution in [2.24, 2.45) is 11.8 Å². The monoisotopic (exact) mass is 481 g/mol. The van der Waals surface area contributed by atoms with E-state index in [-0.39, 0.29) is 0 Å². The summed E-state index contributed by atoms with van der Waals surface area (Å²) in [7, 11) is 0. The Morgan fingerprint density at radius 2 is 1.00 bits per heavy atom. The number of anilines is 3. The molecule has 4 bridgehead atoms. The number of benzene rings is 4. The quantitative estimate of drug-likeness (QED) is 0.265. The van der Waals surface area contributed by atoms with Crippen molar-refractivity contribution in [2.45, 2.75) is 49.4 Å². The van der Waals surface area contributed by atoms with E-state index in [0.29, 0.717) is 10.8 Å². The van der Waals surface area contributed by atoms with E-state index in [4.69, 9.17) is 0 Å².